The standard InChI is InChI=1S/C36H37ClF6N8O2/c37-27-5-1-4-25(29(27)36(41,42)43)31-30(40)32-26(17-45-31)33(47-34(46-32)53-21-35-9-3-12-50(35)19-23(39)16-35)49-14-15-51(24(20-49)7-10-44)28(52)6-2-11-48-13-8-22(38)18-48/h1-2,4-6,17,22-24H,3,7-9,11-16,18-21H2/b6-2+/t22-,23+,24-,35-/m0/s1. The zero-order valence-electron chi connectivity index (χ0n) is 28.6. The first-order chi connectivity index (χ1) is 25.4. The van der Waals surface area contributed by atoms with E-state index in [-0.39, 0.29) is 74.3 Å². The Morgan fingerprint density at radius 3 is 2.70 bits per heavy atom. The van der Waals surface area contributed by atoms with Crippen LogP contribution >= 0.6 is 11.6 Å². The van der Waals surface area contributed by atoms with Crippen LogP contribution in [0.2, 0.25) is 5.02 Å². The summed E-state index contributed by atoms with van der Waals surface area (Å²) in [6, 6.07) is 4.65. The molecule has 4 aliphatic rings. The number of hydrogen-bond acceptors (Lipinski definition) is 9. The van der Waals surface area contributed by atoms with Crippen LogP contribution in [0, 0.1) is 17.1 Å². The average molecular weight is 763 g/mol. The monoisotopic (exact) mass is 762 g/mol. The number of halogens is 7. The second-order valence-corrected chi connectivity index (χ2v) is 14.5. The molecule has 17 heteroatoms. The summed E-state index contributed by atoms with van der Waals surface area (Å²) >= 11 is 5.96. The molecule has 4 atom stereocenters. The lowest BCUT2D eigenvalue weighted by Gasteiger charge is -2.41. The second kappa shape index (κ2) is 14.9. The van der Waals surface area contributed by atoms with Gasteiger partial charge in [0, 0.05) is 70.1 Å². The third-order valence-electron chi connectivity index (χ3n) is 10.7. The smallest absolute Gasteiger partial charge is 0.418 e. The minimum Gasteiger partial charge on any atom is -0.461 e. The van der Waals surface area contributed by atoms with Crippen molar-refractivity contribution in [2.24, 2.45) is 0 Å². The van der Waals surface area contributed by atoms with Gasteiger partial charge in [-0.25, -0.2) is 13.2 Å². The normalized spacial score (nSPS) is 25.4. The van der Waals surface area contributed by atoms with Gasteiger partial charge in [0.1, 0.15) is 36.0 Å². The zero-order chi connectivity index (χ0) is 37.5. The molecule has 7 rings (SSSR count). The number of carbonyl (C=O) groups excluding carboxylic acids is 1. The number of aromatic nitrogens is 3. The number of fused-ring (bicyclic) bond motifs is 2. The number of anilines is 1. The molecule has 0 unspecified atom stereocenters. The van der Waals surface area contributed by atoms with E-state index < -0.39 is 57.8 Å². The van der Waals surface area contributed by atoms with Crippen LogP contribution in [0.25, 0.3) is 22.2 Å². The maximum Gasteiger partial charge on any atom is 0.418 e. The number of nitrogens with zero attached hydrogens (tertiary/aromatic N) is 8. The molecular weight excluding hydrogens is 726 g/mol. The van der Waals surface area contributed by atoms with Crippen LogP contribution in [-0.2, 0) is 11.0 Å². The van der Waals surface area contributed by atoms with E-state index in [1.54, 1.807) is 15.9 Å². The number of hydrogen-bond donors (Lipinski definition) is 0. The molecule has 4 fully saturated rings. The van der Waals surface area contributed by atoms with Gasteiger partial charge >= 0.3 is 12.2 Å². The first-order valence-corrected chi connectivity index (χ1v) is 17.9. The lowest BCUT2D eigenvalue weighted by Crippen LogP contribution is -2.55. The predicted molar refractivity (Wildman–Crippen MR) is 184 cm³/mol. The highest BCUT2D eigenvalue weighted by molar-refractivity contribution is 6.31. The van der Waals surface area contributed by atoms with Gasteiger partial charge in [0.15, 0.2) is 5.82 Å². The number of amides is 1. The molecule has 10 nitrogen and oxygen atoms in total. The molecule has 2 aromatic heterocycles. The number of carbonyl (C=O) groups is 1. The van der Waals surface area contributed by atoms with Crippen molar-refractivity contribution in [3.63, 3.8) is 0 Å². The van der Waals surface area contributed by atoms with E-state index in [9.17, 15) is 32.0 Å². The van der Waals surface area contributed by atoms with Crippen LogP contribution in [0.5, 0.6) is 6.01 Å². The van der Waals surface area contributed by atoms with Crippen molar-refractivity contribution in [3.05, 3.63) is 53.0 Å². The number of nitriles is 1. The maximum absolute atomic E-state index is 16.6. The topological polar surface area (TPSA) is 102 Å². The minimum absolute atomic E-state index is 0.0134. The van der Waals surface area contributed by atoms with Gasteiger partial charge in [-0.2, -0.15) is 28.4 Å². The number of piperazine rings is 1. The summed E-state index contributed by atoms with van der Waals surface area (Å²) < 4.78 is 93.2. The molecule has 0 radical (unpaired) electrons. The SMILES string of the molecule is N#CC[C@H]1CN(c2nc(OC[C@@]34CCCN3C[C@H](F)C4)nc3c(F)c(-c4cccc(Cl)c4C(F)(F)F)ncc23)CCN1C(=O)/C=C/CN1CC[C@H](F)C1. The molecule has 4 aliphatic heterocycles. The van der Waals surface area contributed by atoms with Crippen LogP contribution in [0.3, 0.4) is 0 Å². The van der Waals surface area contributed by atoms with Crippen LogP contribution in [0.1, 0.15) is 37.7 Å². The fourth-order valence-electron chi connectivity index (χ4n) is 8.14. The molecule has 282 valence electrons. The first-order valence-electron chi connectivity index (χ1n) is 17.6. The van der Waals surface area contributed by atoms with Crippen LogP contribution in [0.15, 0.2) is 36.5 Å². The molecule has 0 aliphatic carbocycles. The Labute approximate surface area is 307 Å². The number of likely N-dealkylation sites (tertiary alicyclic amines) is 1. The van der Waals surface area contributed by atoms with Crippen molar-refractivity contribution < 1.29 is 35.9 Å². The lowest BCUT2D eigenvalue weighted by molar-refractivity contribution is -0.137. The van der Waals surface area contributed by atoms with Crippen LogP contribution < -0.4 is 9.64 Å². The van der Waals surface area contributed by atoms with Crippen molar-refractivity contribution in [1.29, 1.82) is 5.26 Å². The molecular formula is C36H37ClF6N8O2. The van der Waals surface area contributed by atoms with Gasteiger partial charge in [0.25, 0.3) is 0 Å². The minimum atomic E-state index is -4.92. The Hall–Kier alpha value is -4.20. The number of benzene rings is 1. The Bertz CT molecular complexity index is 1940. The van der Waals surface area contributed by atoms with Gasteiger partial charge in [0.2, 0.25) is 5.91 Å². The molecule has 53 heavy (non-hydrogen) atoms. The van der Waals surface area contributed by atoms with Gasteiger partial charge in [0.05, 0.1) is 40.0 Å². The second-order valence-electron chi connectivity index (χ2n) is 14.1. The molecule has 3 aromatic rings. The van der Waals surface area contributed by atoms with E-state index in [4.69, 9.17) is 16.3 Å². The van der Waals surface area contributed by atoms with E-state index in [1.807, 2.05) is 9.80 Å². The molecule has 1 amide bonds. The number of rotatable bonds is 9. The third-order valence-corrected chi connectivity index (χ3v) is 11.0. The van der Waals surface area contributed by atoms with E-state index in [1.165, 1.54) is 18.3 Å². The highest BCUT2D eigenvalue weighted by atomic mass is 35.5. The summed E-state index contributed by atoms with van der Waals surface area (Å²) in [6.07, 6.45) is -0.366. The van der Waals surface area contributed by atoms with Gasteiger partial charge in [-0.05, 0) is 31.9 Å². The van der Waals surface area contributed by atoms with Crippen molar-refractivity contribution in [2.75, 3.05) is 63.9 Å². The molecule has 0 N–H and O–H groups in total. The fraction of sp³-hybridized carbons (Fsp3) is 0.528. The van der Waals surface area contributed by atoms with E-state index >= 15 is 4.39 Å². The van der Waals surface area contributed by atoms with Gasteiger partial charge < -0.3 is 14.5 Å². The highest BCUT2D eigenvalue weighted by Crippen LogP contribution is 2.44. The Kier molecular flexibility index (Phi) is 10.4. The largest absolute Gasteiger partial charge is 0.461 e. The summed E-state index contributed by atoms with van der Waals surface area (Å²) in [7, 11) is 0. The van der Waals surface area contributed by atoms with Gasteiger partial charge in [-0.3, -0.25) is 19.6 Å². The Morgan fingerprint density at radius 1 is 1.11 bits per heavy atom. The van der Waals surface area contributed by atoms with Crippen molar-refractivity contribution in [1.82, 2.24) is 29.7 Å². The predicted octanol–water partition coefficient (Wildman–Crippen LogP) is 5.99. The maximum atomic E-state index is 16.6. The van der Waals surface area contributed by atoms with Crippen molar-refractivity contribution >= 4 is 34.2 Å². The van der Waals surface area contributed by atoms with Crippen LogP contribution in [-0.4, -0.2) is 118 Å². The zero-order valence-corrected chi connectivity index (χ0v) is 29.4. The summed E-state index contributed by atoms with van der Waals surface area (Å²) in [4.78, 5) is 33.6. The van der Waals surface area contributed by atoms with E-state index in [2.05, 4.69) is 21.0 Å². The molecule has 0 bridgehead atoms. The molecule has 0 spiro atoms. The molecule has 6 heterocycles. The van der Waals surface area contributed by atoms with Gasteiger partial charge in [-0.1, -0.05) is 29.8 Å². The van der Waals surface area contributed by atoms with Gasteiger partial charge in [-0.15, -0.1) is 0 Å². The third kappa shape index (κ3) is 7.48. The molecule has 0 saturated carbocycles. The van der Waals surface area contributed by atoms with E-state index in [0.717, 1.165) is 18.6 Å². The van der Waals surface area contributed by atoms with Crippen molar-refractivity contribution in [3.8, 4) is 23.3 Å². The summed E-state index contributed by atoms with van der Waals surface area (Å²) in [5.74, 6) is -1.32. The Balaban J connectivity index is 1.23. The quantitative estimate of drug-likeness (QED) is 0.192. The summed E-state index contributed by atoms with van der Waals surface area (Å²) in [6.45, 7) is 2.76. The number of ether oxygens (including phenoxy) is 1. The average Bonchev–Trinajstić information content (AvgIpc) is 3.80. The Morgan fingerprint density at radius 2 is 1.94 bits per heavy atom. The lowest BCUT2D eigenvalue weighted by atomic mass is 9.95. The first kappa shape index (κ1) is 37.1. The van der Waals surface area contributed by atoms with E-state index in [0.29, 0.717) is 39.0 Å². The number of alkyl halides is 5. The van der Waals surface area contributed by atoms with Crippen molar-refractivity contribution in [2.45, 2.75) is 62.2 Å². The molecule has 1 aromatic carbocycles. The van der Waals surface area contributed by atoms with Crippen LogP contribution in [0.4, 0.5) is 32.2 Å². The molecule has 4 saturated heterocycles. The summed E-state index contributed by atoms with van der Waals surface area (Å²) in [5.41, 5.74) is -3.39. The highest BCUT2D eigenvalue weighted by Gasteiger charge is 2.49. The summed E-state index contributed by atoms with van der Waals surface area (Å²) in [5, 5.41) is 9.14. The number of pyridine rings is 1. The fourth-order valence-corrected chi connectivity index (χ4v) is 8.42.